The molecule has 18 heavy (non-hydrogen) atoms. The molecule has 1 unspecified atom stereocenters. The number of hydrogen-bond donors (Lipinski definition) is 1. The van der Waals surface area contributed by atoms with Gasteiger partial charge < -0.3 is 10.5 Å². The maximum absolute atomic E-state index is 5.84. The van der Waals surface area contributed by atoms with E-state index in [1.54, 1.807) is 7.11 Å². The van der Waals surface area contributed by atoms with Crippen LogP contribution in [-0.2, 0) is 6.54 Å². The molecule has 0 amide bonds. The minimum absolute atomic E-state index is 0.235. The van der Waals surface area contributed by atoms with Crippen molar-refractivity contribution in [2.75, 3.05) is 13.7 Å². The number of thiocarbonyl (C=S) groups is 1. The Labute approximate surface area is 114 Å². The lowest BCUT2D eigenvalue weighted by molar-refractivity contribution is 0.182. The minimum atomic E-state index is 0.235. The fourth-order valence-corrected chi connectivity index (χ4v) is 2.82. The molecule has 0 bridgehead atoms. The minimum Gasteiger partial charge on any atom is -0.496 e. The highest BCUT2D eigenvalue weighted by Gasteiger charge is 2.25. The summed E-state index contributed by atoms with van der Waals surface area (Å²) in [5.41, 5.74) is 7.04. The number of para-hydroxylation sites is 1. The first-order valence-corrected chi connectivity index (χ1v) is 6.78. The summed E-state index contributed by atoms with van der Waals surface area (Å²) in [6.07, 6.45) is 3.50. The molecule has 1 heterocycles. The topological polar surface area (TPSA) is 38.5 Å². The molecule has 0 aliphatic carbocycles. The highest BCUT2D eigenvalue weighted by Crippen LogP contribution is 2.24. The van der Waals surface area contributed by atoms with Crippen molar-refractivity contribution in [2.24, 2.45) is 5.73 Å². The van der Waals surface area contributed by atoms with E-state index >= 15 is 0 Å². The molecule has 0 saturated carbocycles. The Bertz CT molecular complexity index is 422. The van der Waals surface area contributed by atoms with Crippen LogP contribution >= 0.6 is 12.2 Å². The maximum atomic E-state index is 5.84. The third kappa shape index (κ3) is 3.00. The van der Waals surface area contributed by atoms with Gasteiger partial charge in [0.2, 0.25) is 0 Å². The molecule has 2 N–H and O–H groups in total. The van der Waals surface area contributed by atoms with Gasteiger partial charge in [0, 0.05) is 12.1 Å². The molecule has 4 heteroatoms. The predicted molar refractivity (Wildman–Crippen MR) is 77.8 cm³/mol. The van der Waals surface area contributed by atoms with Crippen molar-refractivity contribution in [3.8, 4) is 5.75 Å². The summed E-state index contributed by atoms with van der Waals surface area (Å²) in [6.45, 7) is 1.91. The summed E-state index contributed by atoms with van der Waals surface area (Å²) in [4.78, 5) is 2.98. The Kier molecular flexibility index (Phi) is 4.55. The number of rotatable bonds is 4. The van der Waals surface area contributed by atoms with Crippen molar-refractivity contribution in [3.63, 3.8) is 0 Å². The molecule has 1 aromatic carbocycles. The van der Waals surface area contributed by atoms with Crippen LogP contribution in [0, 0.1) is 0 Å². The molecule has 1 atom stereocenters. The predicted octanol–water partition coefficient (Wildman–Crippen LogP) is 2.34. The van der Waals surface area contributed by atoms with Crippen LogP contribution in [0.3, 0.4) is 0 Å². The first kappa shape index (κ1) is 13.3. The first-order valence-electron chi connectivity index (χ1n) is 6.37. The fraction of sp³-hybridized carbons (Fsp3) is 0.500. The molecule has 0 spiro atoms. The van der Waals surface area contributed by atoms with Gasteiger partial charge in [-0.1, -0.05) is 36.8 Å². The van der Waals surface area contributed by atoms with Gasteiger partial charge in [-0.05, 0) is 25.5 Å². The SMILES string of the molecule is COc1ccccc1CN1CCCCC1C(N)=S. The van der Waals surface area contributed by atoms with E-state index in [2.05, 4.69) is 11.0 Å². The van der Waals surface area contributed by atoms with Crippen molar-refractivity contribution in [1.82, 2.24) is 4.90 Å². The maximum Gasteiger partial charge on any atom is 0.123 e. The van der Waals surface area contributed by atoms with Gasteiger partial charge in [0.15, 0.2) is 0 Å². The van der Waals surface area contributed by atoms with E-state index in [1.807, 2.05) is 18.2 Å². The van der Waals surface area contributed by atoms with Gasteiger partial charge in [-0.15, -0.1) is 0 Å². The van der Waals surface area contributed by atoms with Crippen molar-refractivity contribution < 1.29 is 4.74 Å². The van der Waals surface area contributed by atoms with Crippen molar-refractivity contribution >= 4 is 17.2 Å². The van der Waals surface area contributed by atoms with Gasteiger partial charge in [0.05, 0.1) is 18.1 Å². The van der Waals surface area contributed by atoms with E-state index in [-0.39, 0.29) is 6.04 Å². The number of benzene rings is 1. The van der Waals surface area contributed by atoms with E-state index in [0.29, 0.717) is 4.99 Å². The summed E-state index contributed by atoms with van der Waals surface area (Å²) in [7, 11) is 1.71. The third-order valence-electron chi connectivity index (χ3n) is 3.51. The van der Waals surface area contributed by atoms with E-state index in [0.717, 1.165) is 25.3 Å². The molecule has 0 radical (unpaired) electrons. The molecule has 98 valence electrons. The van der Waals surface area contributed by atoms with Crippen LogP contribution in [0.2, 0.25) is 0 Å². The van der Waals surface area contributed by atoms with Gasteiger partial charge in [0.25, 0.3) is 0 Å². The first-order chi connectivity index (χ1) is 8.72. The Hall–Kier alpha value is -1.13. The van der Waals surface area contributed by atoms with Crippen molar-refractivity contribution in [1.29, 1.82) is 0 Å². The second-order valence-electron chi connectivity index (χ2n) is 4.70. The standard InChI is InChI=1S/C14H20N2OS/c1-17-13-8-3-2-6-11(13)10-16-9-5-4-7-12(16)14(15)18/h2-3,6,8,12H,4-5,7,9-10H2,1H3,(H2,15,18). The molecule has 1 aliphatic heterocycles. The summed E-state index contributed by atoms with van der Waals surface area (Å²) >= 11 is 5.17. The highest BCUT2D eigenvalue weighted by molar-refractivity contribution is 7.80. The second-order valence-corrected chi connectivity index (χ2v) is 5.17. The zero-order chi connectivity index (χ0) is 13.0. The van der Waals surface area contributed by atoms with Crippen LogP contribution in [0.25, 0.3) is 0 Å². The lowest BCUT2D eigenvalue weighted by Crippen LogP contribution is -2.46. The quantitative estimate of drug-likeness (QED) is 0.847. The van der Waals surface area contributed by atoms with Gasteiger partial charge in [-0.3, -0.25) is 4.90 Å². The number of hydrogen-bond acceptors (Lipinski definition) is 3. The van der Waals surface area contributed by atoms with E-state index in [4.69, 9.17) is 22.7 Å². The second kappa shape index (κ2) is 6.16. The summed E-state index contributed by atoms with van der Waals surface area (Å²) < 4.78 is 5.39. The Morgan fingerprint density at radius 2 is 2.22 bits per heavy atom. The molecule has 1 fully saturated rings. The van der Waals surface area contributed by atoms with Crippen molar-refractivity contribution in [3.05, 3.63) is 29.8 Å². The van der Waals surface area contributed by atoms with Gasteiger partial charge in [0.1, 0.15) is 5.75 Å². The average Bonchev–Trinajstić information content (AvgIpc) is 2.40. The zero-order valence-electron chi connectivity index (χ0n) is 10.8. The molecule has 1 aliphatic rings. The molecular formula is C14H20N2OS. The zero-order valence-corrected chi connectivity index (χ0v) is 11.6. The summed E-state index contributed by atoms with van der Waals surface area (Å²) in [5.74, 6) is 0.935. The van der Waals surface area contributed by atoms with Crippen LogP contribution in [0.1, 0.15) is 24.8 Å². The number of piperidine rings is 1. The lowest BCUT2D eigenvalue weighted by Gasteiger charge is -2.35. The molecule has 1 aromatic rings. The molecule has 3 nitrogen and oxygen atoms in total. The largest absolute Gasteiger partial charge is 0.496 e. The monoisotopic (exact) mass is 264 g/mol. The Balaban J connectivity index is 2.13. The Morgan fingerprint density at radius 1 is 1.44 bits per heavy atom. The number of methoxy groups -OCH3 is 1. The van der Waals surface area contributed by atoms with Crippen LogP contribution < -0.4 is 10.5 Å². The number of nitrogens with two attached hydrogens (primary N) is 1. The molecule has 0 aromatic heterocycles. The highest BCUT2D eigenvalue weighted by atomic mass is 32.1. The average molecular weight is 264 g/mol. The van der Waals surface area contributed by atoms with E-state index in [9.17, 15) is 0 Å². The van der Waals surface area contributed by atoms with Crippen LogP contribution in [0.15, 0.2) is 24.3 Å². The van der Waals surface area contributed by atoms with Gasteiger partial charge in [-0.25, -0.2) is 0 Å². The van der Waals surface area contributed by atoms with E-state index < -0.39 is 0 Å². The van der Waals surface area contributed by atoms with Gasteiger partial charge in [-0.2, -0.15) is 0 Å². The molecule has 1 saturated heterocycles. The summed E-state index contributed by atoms with van der Waals surface area (Å²) in [5, 5.41) is 0. The van der Waals surface area contributed by atoms with Crippen LogP contribution in [0.4, 0.5) is 0 Å². The smallest absolute Gasteiger partial charge is 0.123 e. The van der Waals surface area contributed by atoms with Gasteiger partial charge >= 0.3 is 0 Å². The van der Waals surface area contributed by atoms with E-state index in [1.165, 1.54) is 18.4 Å². The van der Waals surface area contributed by atoms with Crippen molar-refractivity contribution in [2.45, 2.75) is 31.8 Å². The normalized spacial score (nSPS) is 20.6. The molecular weight excluding hydrogens is 244 g/mol. The number of likely N-dealkylation sites (tertiary alicyclic amines) is 1. The summed E-state index contributed by atoms with van der Waals surface area (Å²) in [6, 6.07) is 8.36. The number of nitrogens with zero attached hydrogens (tertiary/aromatic N) is 1. The van der Waals surface area contributed by atoms with Crippen LogP contribution in [0.5, 0.6) is 5.75 Å². The fourth-order valence-electron chi connectivity index (χ4n) is 2.55. The molecule has 2 rings (SSSR count). The Morgan fingerprint density at radius 3 is 2.94 bits per heavy atom. The third-order valence-corrected chi connectivity index (χ3v) is 3.78. The lowest BCUT2D eigenvalue weighted by atomic mass is 10.0. The van der Waals surface area contributed by atoms with Crippen LogP contribution in [-0.4, -0.2) is 29.6 Å². The number of ether oxygens (including phenoxy) is 1.